The average Bonchev–Trinajstić information content (AvgIpc) is 3.04. The Morgan fingerprint density at radius 2 is 1.96 bits per heavy atom. The third-order valence-corrected chi connectivity index (χ3v) is 5.13. The summed E-state index contributed by atoms with van der Waals surface area (Å²) in [4.78, 5) is 11.5. The maximum Gasteiger partial charge on any atom is 0.248 e. The summed E-state index contributed by atoms with van der Waals surface area (Å²) in [7, 11) is 0. The summed E-state index contributed by atoms with van der Waals surface area (Å²) in [5.41, 5.74) is 9.45. The Hall–Kier alpha value is -2.26. The van der Waals surface area contributed by atoms with Crippen LogP contribution in [0.5, 0.6) is 0 Å². The van der Waals surface area contributed by atoms with Crippen molar-refractivity contribution >= 4 is 23.2 Å². The van der Waals surface area contributed by atoms with Gasteiger partial charge >= 0.3 is 0 Å². The zero-order valence-corrected chi connectivity index (χ0v) is 13.3. The standard InChI is InChI=1S/C19H17ClN2O/c20-13-7-4-11(5-8-13)18-15-3-1-2-14(15)16-10-12(19(21)23)6-9-17(16)22-18/h1-2,4-10,14-15,18,22H,3H2,(H2,21,23)/t14-,15-,18-/m0/s1. The molecule has 0 spiro atoms. The molecule has 3 nitrogen and oxygen atoms in total. The lowest BCUT2D eigenvalue weighted by Crippen LogP contribution is -2.29. The molecule has 1 heterocycles. The Morgan fingerprint density at radius 1 is 1.17 bits per heavy atom. The molecule has 0 saturated carbocycles. The quantitative estimate of drug-likeness (QED) is 0.811. The number of nitrogens with one attached hydrogen (secondary N) is 1. The van der Waals surface area contributed by atoms with Crippen molar-refractivity contribution in [3.8, 4) is 0 Å². The van der Waals surface area contributed by atoms with Crippen molar-refractivity contribution in [2.75, 3.05) is 5.32 Å². The second-order valence-electron chi connectivity index (χ2n) is 6.19. The summed E-state index contributed by atoms with van der Waals surface area (Å²) in [5, 5.41) is 4.38. The Balaban J connectivity index is 1.77. The second-order valence-corrected chi connectivity index (χ2v) is 6.63. The summed E-state index contributed by atoms with van der Waals surface area (Å²) in [6.45, 7) is 0. The van der Waals surface area contributed by atoms with E-state index in [0.717, 1.165) is 22.7 Å². The van der Waals surface area contributed by atoms with Gasteiger partial charge in [0.15, 0.2) is 0 Å². The lowest BCUT2D eigenvalue weighted by atomic mass is 9.76. The van der Waals surface area contributed by atoms with Crippen LogP contribution >= 0.6 is 11.6 Å². The fourth-order valence-electron chi connectivity index (χ4n) is 3.75. The first-order valence-electron chi connectivity index (χ1n) is 7.76. The highest BCUT2D eigenvalue weighted by Crippen LogP contribution is 2.49. The molecule has 0 bridgehead atoms. The molecule has 0 saturated heterocycles. The molecule has 4 rings (SSSR count). The predicted octanol–water partition coefficient (Wildman–Crippen LogP) is 4.27. The van der Waals surface area contributed by atoms with Crippen molar-refractivity contribution in [3.63, 3.8) is 0 Å². The van der Waals surface area contributed by atoms with E-state index >= 15 is 0 Å². The lowest BCUT2D eigenvalue weighted by molar-refractivity contribution is 0.1000. The van der Waals surface area contributed by atoms with Gasteiger partial charge in [0, 0.05) is 22.2 Å². The molecule has 2 aromatic rings. The van der Waals surface area contributed by atoms with Crippen molar-refractivity contribution in [1.82, 2.24) is 0 Å². The van der Waals surface area contributed by atoms with Crippen LogP contribution in [0.3, 0.4) is 0 Å². The van der Waals surface area contributed by atoms with Gasteiger partial charge in [0.2, 0.25) is 5.91 Å². The van der Waals surface area contributed by atoms with Crippen molar-refractivity contribution in [2.45, 2.75) is 18.4 Å². The second kappa shape index (κ2) is 5.43. The van der Waals surface area contributed by atoms with Crippen LogP contribution in [0.4, 0.5) is 5.69 Å². The average molecular weight is 325 g/mol. The summed E-state index contributed by atoms with van der Waals surface area (Å²) in [6, 6.07) is 13.9. The van der Waals surface area contributed by atoms with Crippen LogP contribution < -0.4 is 11.1 Å². The molecule has 0 aromatic heterocycles. The van der Waals surface area contributed by atoms with Gasteiger partial charge in [0.25, 0.3) is 0 Å². The number of fused-ring (bicyclic) bond motifs is 3. The van der Waals surface area contributed by atoms with E-state index in [4.69, 9.17) is 17.3 Å². The Bertz CT molecular complexity index is 798. The third-order valence-electron chi connectivity index (χ3n) is 4.88. The maximum atomic E-state index is 11.5. The van der Waals surface area contributed by atoms with Crippen LogP contribution in [0.25, 0.3) is 0 Å². The van der Waals surface area contributed by atoms with E-state index in [0.29, 0.717) is 17.4 Å². The van der Waals surface area contributed by atoms with Crippen LogP contribution in [0, 0.1) is 5.92 Å². The number of nitrogens with two attached hydrogens (primary N) is 1. The van der Waals surface area contributed by atoms with E-state index in [1.54, 1.807) is 6.07 Å². The van der Waals surface area contributed by atoms with Gasteiger partial charge in [-0.2, -0.15) is 0 Å². The van der Waals surface area contributed by atoms with E-state index in [1.807, 2.05) is 24.3 Å². The van der Waals surface area contributed by atoms with E-state index < -0.39 is 0 Å². The highest BCUT2D eigenvalue weighted by molar-refractivity contribution is 6.30. The van der Waals surface area contributed by atoms with Crippen molar-refractivity contribution in [2.24, 2.45) is 11.7 Å². The molecule has 3 N–H and O–H groups in total. The van der Waals surface area contributed by atoms with Crippen LogP contribution in [0.1, 0.15) is 39.9 Å². The van der Waals surface area contributed by atoms with Crippen LogP contribution in [-0.4, -0.2) is 5.91 Å². The van der Waals surface area contributed by atoms with Gasteiger partial charge in [0.1, 0.15) is 0 Å². The number of carbonyl (C=O) groups excluding carboxylic acids is 1. The van der Waals surface area contributed by atoms with E-state index in [2.05, 4.69) is 29.6 Å². The number of carbonyl (C=O) groups is 1. The third kappa shape index (κ3) is 2.41. The lowest BCUT2D eigenvalue weighted by Gasteiger charge is -2.37. The first-order valence-corrected chi connectivity index (χ1v) is 8.14. The molecule has 0 radical (unpaired) electrons. The molecule has 3 atom stereocenters. The molecular weight excluding hydrogens is 308 g/mol. The van der Waals surface area contributed by atoms with Gasteiger partial charge in [-0.05, 0) is 53.8 Å². The Kier molecular flexibility index (Phi) is 3.38. The Morgan fingerprint density at radius 3 is 2.70 bits per heavy atom. The van der Waals surface area contributed by atoms with Gasteiger partial charge in [-0.25, -0.2) is 0 Å². The zero-order valence-electron chi connectivity index (χ0n) is 12.5. The molecule has 4 heteroatoms. The number of primary amides is 1. The highest BCUT2D eigenvalue weighted by Gasteiger charge is 2.37. The first kappa shape index (κ1) is 14.3. The SMILES string of the molecule is NC(=O)c1ccc2c(c1)[C@H]1C=CC[C@@H]1[C@H](c1ccc(Cl)cc1)N2. The monoisotopic (exact) mass is 324 g/mol. The normalized spacial score (nSPS) is 24.7. The fraction of sp³-hybridized carbons (Fsp3) is 0.211. The molecule has 23 heavy (non-hydrogen) atoms. The maximum absolute atomic E-state index is 11.5. The number of hydrogen-bond acceptors (Lipinski definition) is 2. The molecule has 2 aliphatic rings. The first-order chi connectivity index (χ1) is 11.1. The fourth-order valence-corrected chi connectivity index (χ4v) is 3.87. The summed E-state index contributed by atoms with van der Waals surface area (Å²) >= 11 is 6.01. The van der Waals surface area contributed by atoms with Gasteiger partial charge in [-0.15, -0.1) is 0 Å². The van der Waals surface area contributed by atoms with Crippen molar-refractivity contribution in [1.29, 1.82) is 0 Å². The zero-order chi connectivity index (χ0) is 16.0. The molecule has 0 fully saturated rings. The summed E-state index contributed by atoms with van der Waals surface area (Å²) in [5.74, 6) is 0.365. The minimum atomic E-state index is -0.383. The number of anilines is 1. The molecule has 1 amide bonds. The van der Waals surface area contributed by atoms with E-state index in [-0.39, 0.29) is 11.9 Å². The number of amides is 1. The van der Waals surface area contributed by atoms with E-state index in [1.165, 1.54) is 5.56 Å². The molecule has 2 aromatic carbocycles. The minimum absolute atomic E-state index is 0.235. The van der Waals surface area contributed by atoms with Crippen LogP contribution in [0.15, 0.2) is 54.6 Å². The van der Waals surface area contributed by atoms with Crippen LogP contribution in [0.2, 0.25) is 5.02 Å². The van der Waals surface area contributed by atoms with Gasteiger partial charge in [0.05, 0.1) is 6.04 Å². The van der Waals surface area contributed by atoms with E-state index in [9.17, 15) is 4.79 Å². The summed E-state index contributed by atoms with van der Waals surface area (Å²) in [6.07, 6.45) is 5.50. The van der Waals surface area contributed by atoms with Crippen molar-refractivity contribution in [3.05, 3.63) is 76.3 Å². The predicted molar refractivity (Wildman–Crippen MR) is 92.8 cm³/mol. The number of rotatable bonds is 2. The molecule has 0 unspecified atom stereocenters. The summed E-state index contributed by atoms with van der Waals surface area (Å²) < 4.78 is 0. The van der Waals surface area contributed by atoms with Gasteiger partial charge in [-0.1, -0.05) is 35.9 Å². The Labute approximate surface area is 140 Å². The molecule has 1 aliphatic heterocycles. The minimum Gasteiger partial charge on any atom is -0.378 e. The largest absolute Gasteiger partial charge is 0.378 e. The molecular formula is C19H17ClN2O. The molecule has 1 aliphatic carbocycles. The smallest absolute Gasteiger partial charge is 0.248 e. The highest BCUT2D eigenvalue weighted by atomic mass is 35.5. The molecule has 116 valence electrons. The number of allylic oxidation sites excluding steroid dienone is 2. The number of halogens is 1. The van der Waals surface area contributed by atoms with Crippen LogP contribution in [-0.2, 0) is 0 Å². The topological polar surface area (TPSA) is 55.1 Å². The number of benzene rings is 2. The van der Waals surface area contributed by atoms with Crippen molar-refractivity contribution < 1.29 is 4.79 Å². The number of hydrogen-bond donors (Lipinski definition) is 2. The van der Waals surface area contributed by atoms with Gasteiger partial charge in [-0.3, -0.25) is 4.79 Å². The van der Waals surface area contributed by atoms with Gasteiger partial charge < -0.3 is 11.1 Å².